The second kappa shape index (κ2) is 6.72. The van der Waals surface area contributed by atoms with Gasteiger partial charge in [0.15, 0.2) is 0 Å². The molecule has 0 aromatic heterocycles. The van der Waals surface area contributed by atoms with Crippen LogP contribution in [0, 0.1) is 11.8 Å². The van der Waals surface area contributed by atoms with Crippen LogP contribution in [0.25, 0.3) is 0 Å². The molecule has 1 atom stereocenters. The van der Waals surface area contributed by atoms with Crippen LogP contribution in [0.1, 0.15) is 33.1 Å². The molecule has 0 aliphatic carbocycles. The van der Waals surface area contributed by atoms with E-state index in [-0.39, 0.29) is 0 Å². The van der Waals surface area contributed by atoms with Crippen LogP contribution in [-0.2, 0) is 4.74 Å². The summed E-state index contributed by atoms with van der Waals surface area (Å²) in [4.78, 5) is 2.70. The Morgan fingerprint density at radius 1 is 1.24 bits per heavy atom. The number of likely N-dealkylation sites (tertiary alicyclic amines) is 1. The molecule has 3 nitrogen and oxygen atoms in total. The average molecular weight is 240 g/mol. The summed E-state index contributed by atoms with van der Waals surface area (Å²) in [5.74, 6) is 1.64. The van der Waals surface area contributed by atoms with E-state index in [1.807, 2.05) is 0 Å². The lowest BCUT2D eigenvalue weighted by atomic mass is 10.1. The van der Waals surface area contributed by atoms with Crippen LogP contribution < -0.4 is 5.32 Å². The first kappa shape index (κ1) is 13.3. The minimum Gasteiger partial charge on any atom is -0.381 e. The van der Waals surface area contributed by atoms with Gasteiger partial charge >= 0.3 is 0 Å². The van der Waals surface area contributed by atoms with E-state index >= 15 is 0 Å². The topological polar surface area (TPSA) is 24.5 Å². The number of nitrogens with zero attached hydrogens (tertiary/aromatic N) is 1. The van der Waals surface area contributed by atoms with Gasteiger partial charge in [0.05, 0.1) is 0 Å². The highest BCUT2D eigenvalue weighted by Gasteiger charge is 2.28. The zero-order valence-electron chi connectivity index (χ0n) is 11.5. The van der Waals surface area contributed by atoms with Gasteiger partial charge in [-0.15, -0.1) is 0 Å². The summed E-state index contributed by atoms with van der Waals surface area (Å²) in [6.45, 7) is 11.5. The third-order valence-corrected chi connectivity index (χ3v) is 4.01. The van der Waals surface area contributed by atoms with Gasteiger partial charge < -0.3 is 10.1 Å². The molecule has 0 bridgehead atoms. The molecule has 2 rings (SSSR count). The van der Waals surface area contributed by atoms with Crippen LogP contribution in [-0.4, -0.2) is 50.3 Å². The van der Waals surface area contributed by atoms with Gasteiger partial charge in [0, 0.05) is 25.8 Å². The standard InChI is InChI=1S/C14H28N2O/c1-12(2)9-15-10-13-3-6-16(11-13)14-4-7-17-8-5-14/h12-15H,3-11H2,1-2H3. The molecule has 2 fully saturated rings. The lowest BCUT2D eigenvalue weighted by Crippen LogP contribution is -2.38. The molecule has 2 aliphatic heterocycles. The molecule has 3 heteroatoms. The molecule has 0 saturated carbocycles. The van der Waals surface area contributed by atoms with Crippen molar-refractivity contribution >= 4 is 0 Å². The van der Waals surface area contributed by atoms with Gasteiger partial charge in [-0.3, -0.25) is 4.90 Å². The number of ether oxygens (including phenoxy) is 1. The van der Waals surface area contributed by atoms with Crippen LogP contribution >= 0.6 is 0 Å². The fourth-order valence-electron chi connectivity index (χ4n) is 2.99. The minimum absolute atomic E-state index is 0.767. The summed E-state index contributed by atoms with van der Waals surface area (Å²) in [6.07, 6.45) is 3.86. The lowest BCUT2D eigenvalue weighted by Gasteiger charge is -2.31. The Morgan fingerprint density at radius 2 is 2.00 bits per heavy atom. The summed E-state index contributed by atoms with van der Waals surface area (Å²) in [5.41, 5.74) is 0. The summed E-state index contributed by atoms with van der Waals surface area (Å²) in [5, 5.41) is 3.60. The van der Waals surface area contributed by atoms with Gasteiger partial charge in [0.2, 0.25) is 0 Å². The van der Waals surface area contributed by atoms with Crippen LogP contribution in [0.3, 0.4) is 0 Å². The van der Waals surface area contributed by atoms with Gasteiger partial charge in [0.25, 0.3) is 0 Å². The van der Waals surface area contributed by atoms with Crippen LogP contribution in [0.5, 0.6) is 0 Å². The predicted molar refractivity (Wildman–Crippen MR) is 71.2 cm³/mol. The van der Waals surface area contributed by atoms with Crippen molar-refractivity contribution in [3.05, 3.63) is 0 Å². The lowest BCUT2D eigenvalue weighted by molar-refractivity contribution is 0.0411. The Morgan fingerprint density at radius 3 is 2.71 bits per heavy atom. The fraction of sp³-hybridized carbons (Fsp3) is 1.00. The highest BCUT2D eigenvalue weighted by Crippen LogP contribution is 2.23. The van der Waals surface area contributed by atoms with E-state index < -0.39 is 0 Å². The molecule has 0 radical (unpaired) electrons. The van der Waals surface area contributed by atoms with E-state index in [4.69, 9.17) is 4.74 Å². The predicted octanol–water partition coefficient (Wildman–Crippen LogP) is 1.73. The monoisotopic (exact) mass is 240 g/mol. The number of hydrogen-bond acceptors (Lipinski definition) is 3. The van der Waals surface area contributed by atoms with Crippen LogP contribution in [0.4, 0.5) is 0 Å². The smallest absolute Gasteiger partial charge is 0.0480 e. The van der Waals surface area contributed by atoms with Crippen molar-refractivity contribution in [2.24, 2.45) is 11.8 Å². The van der Waals surface area contributed by atoms with Crippen molar-refractivity contribution in [3.8, 4) is 0 Å². The first-order valence-corrected chi connectivity index (χ1v) is 7.28. The number of hydrogen-bond donors (Lipinski definition) is 1. The van der Waals surface area contributed by atoms with Gasteiger partial charge in [-0.1, -0.05) is 13.8 Å². The van der Waals surface area contributed by atoms with Gasteiger partial charge in [-0.2, -0.15) is 0 Å². The Labute approximate surface area is 106 Å². The molecule has 0 spiro atoms. The first-order chi connectivity index (χ1) is 8.25. The van der Waals surface area contributed by atoms with Crippen LogP contribution in [0.2, 0.25) is 0 Å². The van der Waals surface area contributed by atoms with Crippen molar-refractivity contribution in [2.75, 3.05) is 39.4 Å². The van der Waals surface area contributed by atoms with Gasteiger partial charge in [0.1, 0.15) is 0 Å². The molecular formula is C14H28N2O. The second-order valence-electron chi connectivity index (χ2n) is 6.05. The number of nitrogens with one attached hydrogen (secondary N) is 1. The van der Waals surface area contributed by atoms with Gasteiger partial charge in [-0.25, -0.2) is 0 Å². The van der Waals surface area contributed by atoms with Gasteiger partial charge in [-0.05, 0) is 50.7 Å². The van der Waals surface area contributed by atoms with E-state index in [9.17, 15) is 0 Å². The van der Waals surface area contributed by atoms with E-state index in [0.29, 0.717) is 0 Å². The highest BCUT2D eigenvalue weighted by molar-refractivity contribution is 4.83. The molecule has 2 saturated heterocycles. The number of rotatable bonds is 5. The van der Waals surface area contributed by atoms with Crippen LogP contribution in [0.15, 0.2) is 0 Å². The SMILES string of the molecule is CC(C)CNCC1CCN(C2CCOCC2)C1. The van der Waals surface area contributed by atoms with Crippen molar-refractivity contribution in [2.45, 2.75) is 39.2 Å². The van der Waals surface area contributed by atoms with Crippen molar-refractivity contribution in [3.63, 3.8) is 0 Å². The summed E-state index contributed by atoms with van der Waals surface area (Å²) < 4.78 is 5.44. The third kappa shape index (κ3) is 4.23. The largest absolute Gasteiger partial charge is 0.381 e. The highest BCUT2D eigenvalue weighted by atomic mass is 16.5. The quantitative estimate of drug-likeness (QED) is 0.792. The van der Waals surface area contributed by atoms with Crippen molar-refractivity contribution in [1.29, 1.82) is 0 Å². The molecule has 1 unspecified atom stereocenters. The molecular weight excluding hydrogens is 212 g/mol. The maximum atomic E-state index is 5.44. The summed E-state index contributed by atoms with van der Waals surface area (Å²) in [6, 6.07) is 0.804. The normalized spacial score (nSPS) is 28.1. The zero-order valence-corrected chi connectivity index (χ0v) is 11.5. The molecule has 0 aromatic carbocycles. The van der Waals surface area contributed by atoms with E-state index in [2.05, 4.69) is 24.1 Å². The average Bonchev–Trinajstić information content (AvgIpc) is 2.78. The van der Waals surface area contributed by atoms with Crippen molar-refractivity contribution in [1.82, 2.24) is 10.2 Å². The molecule has 2 heterocycles. The Balaban J connectivity index is 1.64. The fourth-order valence-corrected chi connectivity index (χ4v) is 2.99. The molecule has 100 valence electrons. The third-order valence-electron chi connectivity index (χ3n) is 4.01. The van der Waals surface area contributed by atoms with Crippen molar-refractivity contribution < 1.29 is 4.74 Å². The molecule has 17 heavy (non-hydrogen) atoms. The van der Waals surface area contributed by atoms with E-state index in [1.54, 1.807) is 0 Å². The Bertz CT molecular complexity index is 214. The molecule has 2 aliphatic rings. The zero-order chi connectivity index (χ0) is 12.1. The summed E-state index contributed by atoms with van der Waals surface area (Å²) >= 11 is 0. The Hall–Kier alpha value is -0.120. The first-order valence-electron chi connectivity index (χ1n) is 7.28. The Kier molecular flexibility index (Phi) is 5.26. The van der Waals surface area contributed by atoms with E-state index in [0.717, 1.165) is 37.6 Å². The molecule has 0 amide bonds. The summed E-state index contributed by atoms with van der Waals surface area (Å²) in [7, 11) is 0. The second-order valence-corrected chi connectivity index (χ2v) is 6.05. The van der Waals surface area contributed by atoms with E-state index in [1.165, 1.54) is 38.9 Å². The maximum Gasteiger partial charge on any atom is 0.0480 e. The maximum absolute atomic E-state index is 5.44. The molecule has 0 aromatic rings. The molecule has 1 N–H and O–H groups in total. The minimum atomic E-state index is 0.767.